The van der Waals surface area contributed by atoms with Crippen molar-refractivity contribution in [1.29, 1.82) is 10.8 Å². The van der Waals surface area contributed by atoms with Gasteiger partial charge >= 0.3 is 22.8 Å². The zero-order chi connectivity index (χ0) is 104. The molecule has 7 atom stereocenters. The van der Waals surface area contributed by atoms with E-state index in [-0.39, 0.29) is 122 Å². The number of hydrogen-bond acceptors (Lipinski definition) is 24. The van der Waals surface area contributed by atoms with E-state index in [9.17, 15) is 76.7 Å². The second-order valence-electron chi connectivity index (χ2n) is 34.2. The van der Waals surface area contributed by atoms with Crippen LogP contribution in [0.2, 0.25) is 0 Å². The van der Waals surface area contributed by atoms with Gasteiger partial charge in [-0.15, -0.1) is 0 Å². The van der Waals surface area contributed by atoms with E-state index in [1.54, 1.807) is 48.5 Å². The van der Waals surface area contributed by atoms with Crippen LogP contribution < -0.4 is 126 Å². The van der Waals surface area contributed by atoms with E-state index in [0.717, 1.165) is 23.9 Å². The number of rotatable bonds is 47. The lowest BCUT2D eigenvalue weighted by Gasteiger charge is -2.28. The summed E-state index contributed by atoms with van der Waals surface area (Å²) in [7, 11) is 1.02. The first-order chi connectivity index (χ1) is 69.7. The third-order valence-electron chi connectivity index (χ3n) is 23.9. The Bertz CT molecular complexity index is 7630. The Hall–Kier alpha value is -18.4. The number of carbonyl (C=O) groups excluding carboxylic acids is 12. The normalized spacial score (nSPS) is 12.7. The van der Waals surface area contributed by atoms with Crippen molar-refractivity contribution in [2.24, 2.45) is 17.2 Å². The van der Waals surface area contributed by atoms with Crippen molar-refractivity contribution < 1.29 is 57.5 Å². The van der Waals surface area contributed by atoms with Crippen LogP contribution in [0.25, 0.3) is 76.3 Å². The second kappa shape index (κ2) is 48.4. The first-order valence-electron chi connectivity index (χ1n) is 46.3. The van der Waals surface area contributed by atoms with Crippen LogP contribution >= 0.6 is 0 Å². The number of pyridine rings is 2. The summed E-state index contributed by atoms with van der Waals surface area (Å²) in [6, 6.07) is 32.9. The summed E-state index contributed by atoms with van der Waals surface area (Å²) in [5.41, 5.74) is 11.1. The number of hydrogen-bond donors (Lipinski definition) is 21. The van der Waals surface area contributed by atoms with Gasteiger partial charge in [-0.1, -0.05) is 116 Å². The first-order valence-corrected chi connectivity index (χ1v) is 46.3. The molecule has 7 aromatic carbocycles. The van der Waals surface area contributed by atoms with Crippen molar-refractivity contribution in [3.8, 4) is 0 Å². The van der Waals surface area contributed by atoms with E-state index in [4.69, 9.17) is 28.0 Å². The highest BCUT2D eigenvalue weighted by Crippen LogP contribution is 2.28. The fourth-order valence-electron chi connectivity index (χ4n) is 16.6. The minimum atomic E-state index is -2.37. The highest BCUT2D eigenvalue weighted by molar-refractivity contribution is 6.18. The SMILES string of the molecule is CN(CC(=O)N[C@H](Cn1c(=O)[nH]c2ccccc2c1=O)C(=O)N[C@H](Cn1c(=O)[nH]c2ccccc2c1=O)C(=O)N[C@H](Cn1c(=O)[nH]c2ccccc2c1=O)C(=O)N[C@@H](CCCNC(=N)N)C(=O)NCCCCCC(=O)N[C@@H](CCCCNC(=O)c1c2ccccc2nc2ccccc12)C(N)=O)C(=O)[C@@H](Cn1ccc(=O)[nH]c1=O)NC(=O)[C@H](CCCNC(=N)N)NC(=O)CNC(=O)c1c2ccccc2nc2ccccc12. The predicted octanol–water partition coefficient (Wildman–Crippen LogP) is -2.38. The smallest absolute Gasteiger partial charge is 0.328 e. The molecular formula is C97H106N28O20. The number of likely N-dealkylation sites (N-methyl/N-ethyl adjacent to an activating group) is 1. The molecule has 0 aliphatic heterocycles. The van der Waals surface area contributed by atoms with Gasteiger partial charge in [-0.05, 0) is 118 Å². The Balaban J connectivity index is 0.736. The number of nitrogens with one attached hydrogen (secondary N) is 18. The molecule has 48 nitrogen and oxygen atoms in total. The number of guanidine groups is 2. The molecule has 0 saturated heterocycles. The van der Waals surface area contributed by atoms with E-state index in [1.165, 1.54) is 72.8 Å². The Morgan fingerprint density at radius 3 is 1.14 bits per heavy atom. The quantitative estimate of drug-likeness (QED) is 0.00820. The van der Waals surface area contributed by atoms with Crippen LogP contribution in [-0.2, 0) is 74.1 Å². The summed E-state index contributed by atoms with van der Waals surface area (Å²) in [4.78, 5) is 306. The number of nitrogens with zero attached hydrogens (tertiary/aromatic N) is 7. The summed E-state index contributed by atoms with van der Waals surface area (Å²) in [6.45, 7) is -6.12. The lowest BCUT2D eigenvalue weighted by Crippen LogP contribution is -2.62. The lowest BCUT2D eigenvalue weighted by atomic mass is 10.0. The van der Waals surface area contributed by atoms with Gasteiger partial charge in [0.05, 0.1) is 105 Å². The molecule has 6 aromatic heterocycles. The Morgan fingerprint density at radius 1 is 0.345 bits per heavy atom. The number of H-pyrrole nitrogens is 4. The van der Waals surface area contributed by atoms with E-state index >= 15 is 19.2 Å². The molecule has 0 saturated carbocycles. The zero-order valence-electron chi connectivity index (χ0n) is 78.2. The van der Waals surface area contributed by atoms with Crippen molar-refractivity contribution in [3.63, 3.8) is 0 Å². The molecule has 0 unspecified atom stereocenters. The Morgan fingerprint density at radius 2 is 0.703 bits per heavy atom. The summed E-state index contributed by atoms with van der Waals surface area (Å²) in [6.07, 6.45) is 2.13. The molecule has 0 fully saturated rings. The molecule has 0 spiro atoms. The number of amides is 12. The number of para-hydroxylation sites is 7. The van der Waals surface area contributed by atoms with Crippen LogP contribution in [-0.4, -0.2) is 224 Å². The molecule has 48 heteroatoms. The molecule has 0 bridgehead atoms. The van der Waals surface area contributed by atoms with Gasteiger partial charge < -0.3 is 101 Å². The number of fused-ring (bicyclic) bond motifs is 7. The van der Waals surface area contributed by atoms with Crippen molar-refractivity contribution in [2.45, 2.75) is 139 Å². The summed E-state index contributed by atoms with van der Waals surface area (Å²) in [5.74, 6) is -13.0. The van der Waals surface area contributed by atoms with E-state index in [1.807, 2.05) is 53.5 Å². The molecule has 145 heavy (non-hydrogen) atoms. The molecule has 0 aliphatic carbocycles. The molecule has 24 N–H and O–H groups in total. The standard InChI is InChI=1S/C97H106N28O20/c1-121(91(141)73(48-122-46-41-75(127)120-94(122)142)116-82(132)69(39-22-45-106-93(101)102)111-76(128)47-107-87(137)79-55-25-6-13-32-62(55)109-63-33-14-7-26-56(63)79)52-77(129)112-70(49-123-88(138)57-27-8-15-34-64(57)117-95(123)143)83(133)114-72(51-125-90(140)59-29-10-17-36-66(59)119-97(125)145)85(135)115-71(50-124-89(139)58-28-9-16-35-65(58)118-96(124)144)84(134)113-68(38-21-44-105-92(99)100)81(131)103-42-19-2-3-40-74(126)110-67(80(98)130)37-18-20-43-104-86(136)78-53-23-4-11-30-60(53)108-61-31-12-5-24-54(61)78/h4-17,23-36,41,46,67-73H,2-3,18-22,37-40,42-45,47-52H2,1H3,(H2,98,130)(H,103,131)(H,104,136)(H,107,137)(H,110,126)(H,111,128)(H,112,129)(H,113,134)(H,114,133)(H,115,135)(H,116,132)(H,117,143)(H,118,144)(H,119,145)(H4,99,100,105)(H4,101,102,106)(H,120,127,142)/t67-,68-,69-,70+,71+,72+,73+/m0/s1. The maximum Gasteiger partial charge on any atom is 0.328 e. The molecule has 6 heterocycles. The van der Waals surface area contributed by atoms with Crippen LogP contribution in [0.4, 0.5) is 0 Å². The first kappa shape index (κ1) is 104. The van der Waals surface area contributed by atoms with Gasteiger partial charge in [0, 0.05) is 73.5 Å². The van der Waals surface area contributed by atoms with Crippen LogP contribution in [0, 0.1) is 10.8 Å². The third kappa shape index (κ3) is 26.8. The summed E-state index contributed by atoms with van der Waals surface area (Å²) >= 11 is 0. The van der Waals surface area contributed by atoms with Gasteiger partial charge in [-0.3, -0.25) is 111 Å². The number of benzene rings is 7. The molecular weight excluding hydrogens is 1880 g/mol. The largest absolute Gasteiger partial charge is 0.370 e. The minimum absolute atomic E-state index is 0.000514. The number of nitrogens with two attached hydrogens (primary N) is 3. The highest BCUT2D eigenvalue weighted by atomic mass is 16.2. The van der Waals surface area contributed by atoms with Crippen molar-refractivity contribution in [1.82, 2.24) is 117 Å². The summed E-state index contributed by atoms with van der Waals surface area (Å²) < 4.78 is 2.27. The monoisotopic (exact) mass is 1980 g/mol. The molecule has 0 radical (unpaired) electrons. The maximum absolute atomic E-state index is 15.8. The van der Waals surface area contributed by atoms with Gasteiger partial charge in [0.25, 0.3) is 34.1 Å². The minimum Gasteiger partial charge on any atom is -0.370 e. The van der Waals surface area contributed by atoms with E-state index in [2.05, 4.69) is 88.7 Å². The molecule has 13 aromatic rings. The van der Waals surface area contributed by atoms with Gasteiger partial charge in [-0.2, -0.15) is 0 Å². The molecule has 13 rings (SSSR count). The average Bonchev–Trinajstić information content (AvgIpc) is 0.771. The number of primary amides is 1. The zero-order valence-corrected chi connectivity index (χ0v) is 78.2. The Kier molecular flexibility index (Phi) is 34.7. The van der Waals surface area contributed by atoms with Gasteiger partial charge in [0.15, 0.2) is 11.9 Å². The second-order valence-corrected chi connectivity index (χ2v) is 34.2. The number of aromatic amines is 4. The summed E-state index contributed by atoms with van der Waals surface area (Å²) in [5, 5.41) is 48.2. The molecule has 754 valence electrons. The van der Waals surface area contributed by atoms with Crippen molar-refractivity contribution in [2.75, 3.05) is 46.3 Å². The highest BCUT2D eigenvalue weighted by Gasteiger charge is 2.37. The predicted molar refractivity (Wildman–Crippen MR) is 535 cm³/mol. The fourth-order valence-corrected chi connectivity index (χ4v) is 16.6. The van der Waals surface area contributed by atoms with Crippen LogP contribution in [0.15, 0.2) is 220 Å². The third-order valence-corrected chi connectivity index (χ3v) is 23.9. The van der Waals surface area contributed by atoms with Crippen molar-refractivity contribution >= 4 is 159 Å². The number of unbranched alkanes of at least 4 members (excludes halogenated alkanes) is 3. The lowest BCUT2D eigenvalue weighted by molar-refractivity contribution is -0.140. The number of aromatic nitrogens is 10. The fraction of sp³-hybridized carbons (Fsp3) is 0.299. The Labute approximate surface area is 819 Å². The van der Waals surface area contributed by atoms with E-state index < -0.39 is 203 Å². The maximum atomic E-state index is 15.8. The average molecular weight is 1980 g/mol. The van der Waals surface area contributed by atoms with Crippen molar-refractivity contribution in [3.05, 3.63) is 277 Å². The molecule has 0 aliphatic rings. The number of carbonyl (C=O) groups is 12. The van der Waals surface area contributed by atoms with Gasteiger partial charge in [-0.25, -0.2) is 29.1 Å². The molecule has 12 amide bonds. The van der Waals surface area contributed by atoms with Gasteiger partial charge in [0.2, 0.25) is 59.1 Å². The van der Waals surface area contributed by atoms with E-state index in [0.29, 0.717) is 87.0 Å². The van der Waals surface area contributed by atoms with Crippen LogP contribution in [0.3, 0.4) is 0 Å². The van der Waals surface area contributed by atoms with Crippen LogP contribution in [0.5, 0.6) is 0 Å². The van der Waals surface area contributed by atoms with Crippen LogP contribution in [0.1, 0.15) is 91.3 Å². The topological polar surface area (TPSA) is 723 Å². The van der Waals surface area contributed by atoms with Gasteiger partial charge in [0.1, 0.15) is 42.3 Å².